The molecule has 1 heterocycles. The highest BCUT2D eigenvalue weighted by Crippen LogP contribution is 2.23. The third-order valence-corrected chi connectivity index (χ3v) is 6.08. The molecule has 0 radical (unpaired) electrons. The maximum atomic E-state index is 12.5. The van der Waals surface area contributed by atoms with Gasteiger partial charge in [-0.05, 0) is 41.9 Å². The molecule has 7 heteroatoms. The number of amides is 1. The van der Waals surface area contributed by atoms with Gasteiger partial charge in [0.2, 0.25) is 10.0 Å². The lowest BCUT2D eigenvalue weighted by atomic mass is 9.87. The van der Waals surface area contributed by atoms with Crippen LogP contribution in [0.15, 0.2) is 29.2 Å². The van der Waals surface area contributed by atoms with Crippen LogP contribution in [0, 0.1) is 5.92 Å². The lowest BCUT2D eigenvalue weighted by molar-refractivity contribution is 0.106. The van der Waals surface area contributed by atoms with E-state index in [1.807, 2.05) is 12.1 Å². The Morgan fingerprint density at radius 3 is 2.24 bits per heavy atom. The van der Waals surface area contributed by atoms with Gasteiger partial charge in [-0.3, -0.25) is 0 Å². The molecule has 2 rings (SSSR count). The van der Waals surface area contributed by atoms with E-state index >= 15 is 0 Å². The fraction of sp³-hybridized carbons (Fsp3) is 0.611. The Kier molecular flexibility index (Phi) is 6.11. The maximum absolute atomic E-state index is 12.5. The molecule has 1 fully saturated rings. The minimum absolute atomic E-state index is 0.0106. The van der Waals surface area contributed by atoms with Crippen LogP contribution >= 0.6 is 0 Å². The summed E-state index contributed by atoms with van der Waals surface area (Å²) in [5, 5.41) is 0. The Morgan fingerprint density at radius 2 is 1.76 bits per heavy atom. The molecular formula is C18H28N2O4S. The molecule has 140 valence electrons. The molecule has 1 aliphatic heterocycles. The van der Waals surface area contributed by atoms with Crippen LogP contribution in [0.3, 0.4) is 0 Å². The van der Waals surface area contributed by atoms with E-state index < -0.39 is 10.0 Å². The molecule has 1 saturated heterocycles. The lowest BCUT2D eigenvalue weighted by Gasteiger charge is -2.30. The zero-order valence-electron chi connectivity index (χ0n) is 15.4. The van der Waals surface area contributed by atoms with Crippen molar-refractivity contribution in [1.82, 2.24) is 9.62 Å². The summed E-state index contributed by atoms with van der Waals surface area (Å²) < 4.78 is 32.3. The molecule has 0 bridgehead atoms. The van der Waals surface area contributed by atoms with Crippen molar-refractivity contribution in [3.63, 3.8) is 0 Å². The number of hydrogen-bond acceptors (Lipinski definition) is 4. The normalized spacial score (nSPS) is 16.7. The number of rotatable bonds is 4. The average Bonchev–Trinajstić information content (AvgIpc) is 2.59. The van der Waals surface area contributed by atoms with Gasteiger partial charge in [-0.2, -0.15) is 0 Å². The maximum Gasteiger partial charge on any atom is 0.409 e. The molecule has 1 N–H and O–H groups in total. The number of sulfonamides is 1. The van der Waals surface area contributed by atoms with Crippen LogP contribution in [-0.4, -0.2) is 46.2 Å². The van der Waals surface area contributed by atoms with Crippen molar-refractivity contribution in [3.8, 4) is 0 Å². The van der Waals surface area contributed by atoms with E-state index in [-0.39, 0.29) is 22.3 Å². The van der Waals surface area contributed by atoms with Crippen LogP contribution in [0.2, 0.25) is 0 Å². The molecule has 1 aromatic rings. The van der Waals surface area contributed by atoms with Crippen molar-refractivity contribution in [2.75, 3.05) is 26.7 Å². The van der Waals surface area contributed by atoms with Crippen molar-refractivity contribution in [3.05, 3.63) is 29.8 Å². The minimum Gasteiger partial charge on any atom is -0.453 e. The van der Waals surface area contributed by atoms with Gasteiger partial charge in [0.05, 0.1) is 12.0 Å². The average molecular weight is 368 g/mol. The summed E-state index contributed by atoms with van der Waals surface area (Å²) in [6, 6.07) is 7.04. The summed E-state index contributed by atoms with van der Waals surface area (Å²) in [6.45, 7) is 7.86. The Hall–Kier alpha value is -1.60. The number of ether oxygens (including phenoxy) is 1. The van der Waals surface area contributed by atoms with Crippen LogP contribution in [0.5, 0.6) is 0 Å². The third-order valence-electron chi connectivity index (χ3n) is 4.64. The molecule has 0 saturated carbocycles. The van der Waals surface area contributed by atoms with Crippen LogP contribution in [-0.2, 0) is 20.2 Å². The van der Waals surface area contributed by atoms with E-state index in [1.165, 1.54) is 7.11 Å². The summed E-state index contributed by atoms with van der Waals surface area (Å²) in [6.07, 6.45) is 1.21. The Balaban J connectivity index is 1.91. The van der Waals surface area contributed by atoms with Crippen LogP contribution in [0.25, 0.3) is 0 Å². The van der Waals surface area contributed by atoms with Gasteiger partial charge in [0, 0.05) is 19.6 Å². The van der Waals surface area contributed by atoms with E-state index in [0.717, 1.165) is 18.4 Å². The third kappa shape index (κ3) is 5.19. The largest absolute Gasteiger partial charge is 0.453 e. The summed E-state index contributed by atoms with van der Waals surface area (Å²) in [7, 11) is -2.14. The smallest absolute Gasteiger partial charge is 0.409 e. The quantitative estimate of drug-likeness (QED) is 0.887. The molecule has 1 aromatic carbocycles. The first kappa shape index (κ1) is 19.7. The topological polar surface area (TPSA) is 75.7 Å². The summed E-state index contributed by atoms with van der Waals surface area (Å²) in [5.74, 6) is 0.226. The van der Waals surface area contributed by atoms with Crippen molar-refractivity contribution < 1.29 is 17.9 Å². The summed E-state index contributed by atoms with van der Waals surface area (Å²) >= 11 is 0. The Bertz CT molecular complexity index is 685. The molecule has 0 atom stereocenters. The number of piperidine rings is 1. The predicted molar refractivity (Wildman–Crippen MR) is 97.0 cm³/mol. The molecule has 0 aliphatic carbocycles. The number of carbonyl (C=O) groups excluding carboxylic acids is 1. The van der Waals surface area contributed by atoms with Gasteiger partial charge in [0.25, 0.3) is 0 Å². The monoisotopic (exact) mass is 368 g/mol. The number of benzene rings is 1. The molecule has 0 unspecified atom stereocenters. The number of hydrogen-bond donors (Lipinski definition) is 1. The van der Waals surface area contributed by atoms with E-state index in [4.69, 9.17) is 4.74 Å². The van der Waals surface area contributed by atoms with Crippen LogP contribution in [0.1, 0.15) is 39.2 Å². The number of methoxy groups -OCH3 is 1. The molecule has 25 heavy (non-hydrogen) atoms. The molecule has 0 spiro atoms. The highest BCUT2D eigenvalue weighted by molar-refractivity contribution is 7.89. The Morgan fingerprint density at radius 1 is 1.20 bits per heavy atom. The van der Waals surface area contributed by atoms with E-state index in [0.29, 0.717) is 19.6 Å². The number of nitrogens with one attached hydrogen (secondary N) is 1. The van der Waals surface area contributed by atoms with Gasteiger partial charge in [-0.1, -0.05) is 32.9 Å². The van der Waals surface area contributed by atoms with Gasteiger partial charge in [0.1, 0.15) is 0 Å². The number of nitrogens with zero attached hydrogens (tertiary/aromatic N) is 1. The highest BCUT2D eigenvalue weighted by atomic mass is 32.2. The second-order valence-corrected chi connectivity index (χ2v) is 9.29. The van der Waals surface area contributed by atoms with Gasteiger partial charge in [0.15, 0.2) is 0 Å². The first-order chi connectivity index (χ1) is 11.6. The van der Waals surface area contributed by atoms with Gasteiger partial charge >= 0.3 is 6.09 Å². The second kappa shape index (κ2) is 7.74. The minimum atomic E-state index is -3.51. The Labute approximate surface area is 150 Å². The van der Waals surface area contributed by atoms with E-state index in [1.54, 1.807) is 17.0 Å². The molecular weight excluding hydrogens is 340 g/mol. The highest BCUT2D eigenvalue weighted by Gasteiger charge is 2.25. The fourth-order valence-electron chi connectivity index (χ4n) is 2.89. The van der Waals surface area contributed by atoms with Crippen molar-refractivity contribution >= 4 is 16.1 Å². The first-order valence-corrected chi connectivity index (χ1v) is 10.0. The van der Waals surface area contributed by atoms with Crippen molar-refractivity contribution in [1.29, 1.82) is 0 Å². The lowest BCUT2D eigenvalue weighted by Crippen LogP contribution is -2.41. The SMILES string of the molecule is COC(=O)N1CCC(CNS(=O)(=O)c2ccc(C(C)(C)C)cc2)CC1. The number of carbonyl (C=O) groups is 1. The van der Waals surface area contributed by atoms with E-state index in [9.17, 15) is 13.2 Å². The van der Waals surface area contributed by atoms with Gasteiger partial charge < -0.3 is 9.64 Å². The van der Waals surface area contributed by atoms with Crippen LogP contribution in [0.4, 0.5) is 4.79 Å². The fourth-order valence-corrected chi connectivity index (χ4v) is 4.01. The second-order valence-electron chi connectivity index (χ2n) is 7.53. The molecule has 1 aliphatic rings. The number of likely N-dealkylation sites (tertiary alicyclic amines) is 1. The van der Waals surface area contributed by atoms with Gasteiger partial charge in [-0.15, -0.1) is 0 Å². The van der Waals surface area contributed by atoms with Crippen molar-refractivity contribution in [2.45, 2.75) is 43.9 Å². The van der Waals surface area contributed by atoms with Crippen molar-refractivity contribution in [2.24, 2.45) is 5.92 Å². The molecule has 6 nitrogen and oxygen atoms in total. The zero-order valence-corrected chi connectivity index (χ0v) is 16.2. The van der Waals surface area contributed by atoms with Crippen LogP contribution < -0.4 is 4.72 Å². The molecule has 0 aromatic heterocycles. The molecule has 1 amide bonds. The standard InChI is InChI=1S/C18H28N2O4S/c1-18(2,3)15-5-7-16(8-6-15)25(22,23)19-13-14-9-11-20(12-10-14)17(21)24-4/h5-8,14,19H,9-13H2,1-4H3. The predicted octanol–water partition coefficient (Wildman–Crippen LogP) is 2.74. The summed E-state index contributed by atoms with van der Waals surface area (Å²) in [4.78, 5) is 13.4. The summed E-state index contributed by atoms with van der Waals surface area (Å²) in [5.41, 5.74) is 1.09. The van der Waals surface area contributed by atoms with Gasteiger partial charge in [-0.25, -0.2) is 17.9 Å². The van der Waals surface area contributed by atoms with E-state index in [2.05, 4.69) is 25.5 Å². The zero-order chi connectivity index (χ0) is 18.7. The first-order valence-electron chi connectivity index (χ1n) is 8.56.